The smallest absolute Gasteiger partial charge is 0.120 e. The number of hydrogen-bond donors (Lipinski definition) is 3. The van der Waals surface area contributed by atoms with Crippen LogP contribution in [0, 0.1) is 0 Å². The van der Waals surface area contributed by atoms with Gasteiger partial charge in [-0.2, -0.15) is 11.8 Å². The zero-order valence-electron chi connectivity index (χ0n) is 9.73. The van der Waals surface area contributed by atoms with Crippen LogP contribution in [0.3, 0.4) is 0 Å². The Morgan fingerprint density at radius 2 is 2.12 bits per heavy atom. The molecule has 0 aliphatic carbocycles. The van der Waals surface area contributed by atoms with Crippen molar-refractivity contribution in [2.45, 2.75) is 19.4 Å². The monoisotopic (exact) mass is 241 g/mol. The highest BCUT2D eigenvalue weighted by molar-refractivity contribution is 7.98. The van der Waals surface area contributed by atoms with E-state index in [-0.39, 0.29) is 17.5 Å². The van der Waals surface area contributed by atoms with Crippen molar-refractivity contribution >= 4 is 11.8 Å². The van der Waals surface area contributed by atoms with Gasteiger partial charge >= 0.3 is 0 Å². The van der Waals surface area contributed by atoms with Crippen LogP contribution in [0.5, 0.6) is 11.5 Å². The van der Waals surface area contributed by atoms with E-state index >= 15 is 0 Å². The van der Waals surface area contributed by atoms with Crippen LogP contribution in [0.1, 0.15) is 24.9 Å². The first-order chi connectivity index (χ1) is 7.65. The maximum atomic E-state index is 9.65. The average Bonchev–Trinajstić information content (AvgIpc) is 2.27. The lowest BCUT2D eigenvalue weighted by atomic mass is 10.1. The summed E-state index contributed by atoms with van der Waals surface area (Å²) in [6.45, 7) is 2.89. The molecule has 0 fully saturated rings. The summed E-state index contributed by atoms with van der Waals surface area (Å²) in [5.41, 5.74) is 0.740. The number of phenols is 2. The lowest BCUT2D eigenvalue weighted by molar-refractivity contribution is 0.441. The molecule has 90 valence electrons. The predicted octanol–water partition coefficient (Wildman–Crippen LogP) is 2.50. The number of rotatable bonds is 6. The Morgan fingerprint density at radius 3 is 2.81 bits per heavy atom. The van der Waals surface area contributed by atoms with Gasteiger partial charge in [-0.3, -0.25) is 0 Å². The molecule has 1 unspecified atom stereocenters. The summed E-state index contributed by atoms with van der Waals surface area (Å²) in [5.74, 6) is 1.54. The first-order valence-electron chi connectivity index (χ1n) is 5.39. The Balaban J connectivity index is 2.51. The topological polar surface area (TPSA) is 52.5 Å². The highest BCUT2D eigenvalue weighted by Crippen LogP contribution is 2.27. The molecule has 3 N–H and O–H groups in total. The Kier molecular flexibility index (Phi) is 5.49. The van der Waals surface area contributed by atoms with Gasteiger partial charge in [0.1, 0.15) is 11.5 Å². The number of benzene rings is 1. The van der Waals surface area contributed by atoms with Crippen molar-refractivity contribution in [3.8, 4) is 11.5 Å². The molecular weight excluding hydrogens is 222 g/mol. The maximum absolute atomic E-state index is 9.65. The quantitative estimate of drug-likeness (QED) is 0.529. The van der Waals surface area contributed by atoms with Crippen molar-refractivity contribution in [3.63, 3.8) is 0 Å². The van der Waals surface area contributed by atoms with Crippen molar-refractivity contribution in [3.05, 3.63) is 23.8 Å². The van der Waals surface area contributed by atoms with Crippen molar-refractivity contribution in [1.29, 1.82) is 0 Å². The second kappa shape index (κ2) is 6.66. The van der Waals surface area contributed by atoms with Gasteiger partial charge < -0.3 is 15.5 Å². The van der Waals surface area contributed by atoms with Gasteiger partial charge in [-0.15, -0.1) is 0 Å². The second-order valence-electron chi connectivity index (χ2n) is 3.77. The van der Waals surface area contributed by atoms with Crippen molar-refractivity contribution in [2.75, 3.05) is 18.6 Å². The van der Waals surface area contributed by atoms with Gasteiger partial charge in [0.25, 0.3) is 0 Å². The molecule has 1 aromatic rings. The Bertz CT molecular complexity index is 331. The fourth-order valence-electron chi connectivity index (χ4n) is 1.53. The highest BCUT2D eigenvalue weighted by Gasteiger charge is 2.10. The molecule has 0 saturated heterocycles. The molecule has 1 aromatic carbocycles. The van der Waals surface area contributed by atoms with E-state index in [1.807, 2.05) is 18.7 Å². The summed E-state index contributed by atoms with van der Waals surface area (Å²) in [6, 6.07) is 4.65. The third-order valence-electron chi connectivity index (χ3n) is 2.45. The zero-order valence-corrected chi connectivity index (χ0v) is 10.5. The molecule has 0 spiro atoms. The first-order valence-corrected chi connectivity index (χ1v) is 6.78. The molecule has 4 heteroatoms. The number of nitrogens with one attached hydrogen (secondary N) is 1. The standard InChI is InChI=1S/C12H19NO2S/c1-9(13-6-3-7-16-2)11-8-10(14)4-5-12(11)15/h4-5,8-9,13-15H,3,6-7H2,1-2H3. The maximum Gasteiger partial charge on any atom is 0.120 e. The van der Waals surface area contributed by atoms with E-state index in [4.69, 9.17) is 0 Å². The molecule has 0 aromatic heterocycles. The molecule has 0 aliphatic rings. The van der Waals surface area contributed by atoms with Crippen LogP contribution in [0.2, 0.25) is 0 Å². The van der Waals surface area contributed by atoms with Crippen LogP contribution in [-0.4, -0.2) is 28.8 Å². The van der Waals surface area contributed by atoms with Crippen LogP contribution in [0.25, 0.3) is 0 Å². The van der Waals surface area contributed by atoms with E-state index in [2.05, 4.69) is 11.6 Å². The second-order valence-corrected chi connectivity index (χ2v) is 4.75. The summed E-state index contributed by atoms with van der Waals surface area (Å²) in [4.78, 5) is 0. The van der Waals surface area contributed by atoms with Crippen LogP contribution in [0.4, 0.5) is 0 Å². The molecule has 0 amide bonds. The zero-order chi connectivity index (χ0) is 12.0. The third kappa shape index (κ3) is 3.94. The van der Waals surface area contributed by atoms with Gasteiger partial charge in [0.15, 0.2) is 0 Å². The molecule has 0 aliphatic heterocycles. The molecule has 0 saturated carbocycles. The lowest BCUT2D eigenvalue weighted by Crippen LogP contribution is -2.20. The molecule has 0 heterocycles. The van der Waals surface area contributed by atoms with E-state index in [1.165, 1.54) is 12.1 Å². The molecule has 0 radical (unpaired) electrons. The van der Waals surface area contributed by atoms with Crippen molar-refractivity contribution < 1.29 is 10.2 Å². The summed E-state index contributed by atoms with van der Waals surface area (Å²) < 4.78 is 0. The molecule has 1 rings (SSSR count). The predicted molar refractivity (Wildman–Crippen MR) is 69.2 cm³/mol. The minimum atomic E-state index is 0.0500. The van der Waals surface area contributed by atoms with Crippen LogP contribution in [0.15, 0.2) is 18.2 Å². The van der Waals surface area contributed by atoms with Crippen molar-refractivity contribution in [1.82, 2.24) is 5.32 Å². The van der Waals surface area contributed by atoms with E-state index < -0.39 is 0 Å². The van der Waals surface area contributed by atoms with E-state index in [0.717, 1.165) is 24.3 Å². The molecule has 1 atom stereocenters. The minimum Gasteiger partial charge on any atom is -0.508 e. The van der Waals surface area contributed by atoms with Gasteiger partial charge in [-0.25, -0.2) is 0 Å². The van der Waals surface area contributed by atoms with Crippen LogP contribution < -0.4 is 5.32 Å². The van der Waals surface area contributed by atoms with Crippen LogP contribution in [-0.2, 0) is 0 Å². The van der Waals surface area contributed by atoms with E-state index in [1.54, 1.807) is 6.07 Å². The van der Waals surface area contributed by atoms with Gasteiger partial charge in [0.05, 0.1) is 0 Å². The van der Waals surface area contributed by atoms with Gasteiger partial charge in [-0.1, -0.05) is 0 Å². The number of aromatic hydroxyl groups is 2. The van der Waals surface area contributed by atoms with E-state index in [9.17, 15) is 10.2 Å². The Labute approximate surface area is 101 Å². The normalized spacial score (nSPS) is 12.6. The average molecular weight is 241 g/mol. The van der Waals surface area contributed by atoms with E-state index in [0.29, 0.717) is 0 Å². The number of phenolic OH excluding ortho intramolecular Hbond substituents is 2. The van der Waals surface area contributed by atoms with Crippen molar-refractivity contribution in [2.24, 2.45) is 0 Å². The summed E-state index contributed by atoms with van der Waals surface area (Å²) >= 11 is 1.83. The van der Waals surface area contributed by atoms with Gasteiger partial charge in [0.2, 0.25) is 0 Å². The fraction of sp³-hybridized carbons (Fsp3) is 0.500. The SMILES string of the molecule is CSCCCNC(C)c1cc(O)ccc1O. The number of hydrogen-bond acceptors (Lipinski definition) is 4. The molecule has 3 nitrogen and oxygen atoms in total. The minimum absolute atomic E-state index is 0.0500. The number of thioether (sulfide) groups is 1. The lowest BCUT2D eigenvalue weighted by Gasteiger charge is -2.15. The fourth-order valence-corrected chi connectivity index (χ4v) is 1.97. The summed E-state index contributed by atoms with van der Waals surface area (Å²) in [7, 11) is 0. The highest BCUT2D eigenvalue weighted by atomic mass is 32.2. The molecule has 0 bridgehead atoms. The van der Waals surface area contributed by atoms with Gasteiger partial charge in [-0.05, 0) is 50.1 Å². The Hall–Kier alpha value is -0.870. The third-order valence-corrected chi connectivity index (χ3v) is 3.15. The molecular formula is C12H19NO2S. The first kappa shape index (κ1) is 13.2. The summed E-state index contributed by atoms with van der Waals surface area (Å²) in [6.07, 6.45) is 3.19. The largest absolute Gasteiger partial charge is 0.508 e. The summed E-state index contributed by atoms with van der Waals surface area (Å²) in [5, 5.41) is 22.3. The Morgan fingerprint density at radius 1 is 1.38 bits per heavy atom. The molecule has 16 heavy (non-hydrogen) atoms. The van der Waals surface area contributed by atoms with Crippen LogP contribution >= 0.6 is 11.8 Å². The van der Waals surface area contributed by atoms with Gasteiger partial charge in [0, 0.05) is 11.6 Å².